The summed E-state index contributed by atoms with van der Waals surface area (Å²) in [7, 11) is 0. The van der Waals surface area contributed by atoms with Gasteiger partial charge < -0.3 is 10.6 Å². The molecule has 0 saturated carbocycles. The van der Waals surface area contributed by atoms with E-state index in [1.807, 2.05) is 101 Å². The summed E-state index contributed by atoms with van der Waals surface area (Å²) >= 11 is 1.29. The Balaban J connectivity index is 1.45. The fourth-order valence-corrected chi connectivity index (χ4v) is 5.36. The van der Waals surface area contributed by atoms with Crippen LogP contribution in [-0.2, 0) is 4.79 Å². The predicted molar refractivity (Wildman–Crippen MR) is 156 cm³/mol. The average molecular weight is 538 g/mol. The number of aryl methyl sites for hydroxylation is 4. The lowest BCUT2D eigenvalue weighted by Gasteiger charge is -2.29. The van der Waals surface area contributed by atoms with Crippen LogP contribution in [0.2, 0.25) is 0 Å². The largest absolute Gasteiger partial charge is 0.328 e. The van der Waals surface area contributed by atoms with Crippen molar-refractivity contribution in [3.05, 3.63) is 111 Å². The monoisotopic (exact) mass is 537 g/mol. The van der Waals surface area contributed by atoms with E-state index in [0.29, 0.717) is 27.9 Å². The van der Waals surface area contributed by atoms with Gasteiger partial charge in [0, 0.05) is 16.9 Å². The number of carbonyl (C=O) groups is 2. The van der Waals surface area contributed by atoms with Crippen LogP contribution in [0.4, 0.5) is 11.6 Å². The second-order valence-corrected chi connectivity index (χ2v) is 10.9. The van der Waals surface area contributed by atoms with Crippen molar-refractivity contribution >= 4 is 35.1 Å². The number of anilines is 2. The Labute approximate surface area is 232 Å². The van der Waals surface area contributed by atoms with E-state index >= 15 is 0 Å². The maximum Gasteiger partial charge on any atom is 0.255 e. The lowest BCUT2D eigenvalue weighted by Crippen LogP contribution is -2.31. The van der Waals surface area contributed by atoms with Crippen LogP contribution in [0.1, 0.15) is 51.1 Å². The fraction of sp³-hybridized carbons (Fsp3) is 0.226. The molecule has 4 aromatic rings. The quantitative estimate of drug-likeness (QED) is 0.209. The van der Waals surface area contributed by atoms with E-state index < -0.39 is 6.04 Å². The summed E-state index contributed by atoms with van der Waals surface area (Å²) in [5.74, 6) is 0.557. The van der Waals surface area contributed by atoms with Gasteiger partial charge >= 0.3 is 0 Å². The van der Waals surface area contributed by atoms with Crippen LogP contribution in [0.25, 0.3) is 0 Å². The first-order valence-corrected chi connectivity index (χ1v) is 13.8. The number of benzene rings is 3. The standard InChI is InChI=1S/C31H31N5O2S/c1-18-6-11-23(12-7-18)26(37)17-39-31-34-30-32-22(5)27(29(38)33-25-15-10-20(3)16-21(25)4)28(36(30)35-31)24-13-8-19(2)9-14-24/h6-16,28H,17H2,1-5H3,(H,33,38)(H,32,34,35). The minimum absolute atomic E-state index is 0.0126. The number of aromatic nitrogens is 3. The Morgan fingerprint density at radius 2 is 1.54 bits per heavy atom. The first kappa shape index (κ1) is 26.4. The molecular weight excluding hydrogens is 506 g/mol. The van der Waals surface area contributed by atoms with Gasteiger partial charge in [-0.15, -0.1) is 5.10 Å². The number of hydrogen-bond donors (Lipinski definition) is 2. The maximum absolute atomic E-state index is 13.8. The van der Waals surface area contributed by atoms with Gasteiger partial charge in [0.05, 0.1) is 11.3 Å². The van der Waals surface area contributed by atoms with Crippen LogP contribution in [0.5, 0.6) is 0 Å². The van der Waals surface area contributed by atoms with Gasteiger partial charge in [-0.3, -0.25) is 9.59 Å². The molecule has 2 heterocycles. The molecule has 0 bridgehead atoms. The van der Waals surface area contributed by atoms with E-state index in [4.69, 9.17) is 5.10 Å². The maximum atomic E-state index is 13.8. The summed E-state index contributed by atoms with van der Waals surface area (Å²) in [6.45, 7) is 9.91. The number of ketones is 1. The van der Waals surface area contributed by atoms with Crippen molar-refractivity contribution in [1.29, 1.82) is 0 Å². The van der Waals surface area contributed by atoms with Crippen LogP contribution in [0.3, 0.4) is 0 Å². The number of rotatable bonds is 7. The molecule has 1 atom stereocenters. The van der Waals surface area contributed by atoms with Gasteiger partial charge in [-0.05, 0) is 51.8 Å². The van der Waals surface area contributed by atoms with Crippen molar-refractivity contribution in [3.63, 3.8) is 0 Å². The Morgan fingerprint density at radius 3 is 2.21 bits per heavy atom. The van der Waals surface area contributed by atoms with Gasteiger partial charge in [0.25, 0.3) is 5.91 Å². The minimum Gasteiger partial charge on any atom is -0.328 e. The number of fused-ring (bicyclic) bond motifs is 1. The van der Waals surface area contributed by atoms with Gasteiger partial charge in [-0.2, -0.15) is 4.98 Å². The van der Waals surface area contributed by atoms with Gasteiger partial charge in [-0.25, -0.2) is 4.68 Å². The van der Waals surface area contributed by atoms with Crippen molar-refractivity contribution < 1.29 is 9.59 Å². The van der Waals surface area contributed by atoms with Crippen LogP contribution >= 0.6 is 11.8 Å². The second-order valence-electron chi connectivity index (χ2n) is 9.99. The third-order valence-corrected chi connectivity index (χ3v) is 7.64. The van der Waals surface area contributed by atoms with E-state index in [0.717, 1.165) is 33.5 Å². The third-order valence-electron chi connectivity index (χ3n) is 6.81. The van der Waals surface area contributed by atoms with Gasteiger partial charge in [0.15, 0.2) is 5.78 Å². The number of hydrogen-bond acceptors (Lipinski definition) is 6. The van der Waals surface area contributed by atoms with E-state index in [9.17, 15) is 9.59 Å². The molecular formula is C31H31N5O2S. The molecule has 0 fully saturated rings. The summed E-state index contributed by atoms with van der Waals surface area (Å²) < 4.78 is 1.74. The molecule has 198 valence electrons. The minimum atomic E-state index is -0.484. The molecule has 1 unspecified atom stereocenters. The van der Waals surface area contributed by atoms with Crippen molar-refractivity contribution in [2.45, 2.75) is 45.8 Å². The Morgan fingerprint density at radius 1 is 0.897 bits per heavy atom. The average Bonchev–Trinajstić information content (AvgIpc) is 3.31. The number of carbonyl (C=O) groups excluding carboxylic acids is 2. The normalized spacial score (nSPS) is 14.5. The molecule has 0 radical (unpaired) electrons. The first-order valence-electron chi connectivity index (χ1n) is 12.8. The number of nitrogens with zero attached hydrogens (tertiary/aromatic N) is 3. The number of allylic oxidation sites excluding steroid dienone is 1. The molecule has 0 aliphatic carbocycles. The smallest absolute Gasteiger partial charge is 0.255 e. The lowest BCUT2D eigenvalue weighted by atomic mass is 9.94. The van der Waals surface area contributed by atoms with Crippen molar-refractivity contribution in [3.8, 4) is 0 Å². The number of amides is 1. The summed E-state index contributed by atoms with van der Waals surface area (Å²) in [6.07, 6.45) is 0. The molecule has 0 saturated heterocycles. The molecule has 3 aromatic carbocycles. The van der Waals surface area contributed by atoms with Crippen molar-refractivity contribution in [2.75, 3.05) is 16.4 Å². The Hall–Kier alpha value is -4.17. The van der Waals surface area contributed by atoms with E-state index in [2.05, 4.69) is 15.6 Å². The van der Waals surface area contributed by atoms with Gasteiger partial charge in [0.2, 0.25) is 11.1 Å². The summed E-state index contributed by atoms with van der Waals surface area (Å²) in [4.78, 5) is 31.2. The molecule has 1 amide bonds. The van der Waals surface area contributed by atoms with Crippen LogP contribution in [-0.4, -0.2) is 32.2 Å². The van der Waals surface area contributed by atoms with Crippen molar-refractivity contribution in [1.82, 2.24) is 14.8 Å². The molecule has 39 heavy (non-hydrogen) atoms. The first-order chi connectivity index (χ1) is 18.7. The zero-order valence-electron chi connectivity index (χ0n) is 22.7. The highest BCUT2D eigenvalue weighted by molar-refractivity contribution is 7.99. The third kappa shape index (κ3) is 5.66. The van der Waals surface area contributed by atoms with E-state index in [-0.39, 0.29) is 17.4 Å². The summed E-state index contributed by atoms with van der Waals surface area (Å²) in [5.41, 5.74) is 7.98. The summed E-state index contributed by atoms with van der Waals surface area (Å²) in [5, 5.41) is 11.6. The second kappa shape index (κ2) is 10.9. The zero-order chi connectivity index (χ0) is 27.7. The highest BCUT2D eigenvalue weighted by atomic mass is 32.2. The number of thioether (sulfide) groups is 1. The highest BCUT2D eigenvalue weighted by Crippen LogP contribution is 2.37. The van der Waals surface area contributed by atoms with Crippen molar-refractivity contribution in [2.24, 2.45) is 0 Å². The van der Waals surface area contributed by atoms with Gasteiger partial charge in [-0.1, -0.05) is 89.1 Å². The van der Waals surface area contributed by atoms with Crippen LogP contribution in [0, 0.1) is 27.7 Å². The molecule has 7 nitrogen and oxygen atoms in total. The zero-order valence-corrected chi connectivity index (χ0v) is 23.5. The number of nitrogens with one attached hydrogen (secondary N) is 2. The molecule has 8 heteroatoms. The van der Waals surface area contributed by atoms with Crippen LogP contribution in [0.15, 0.2) is 83.2 Å². The molecule has 0 spiro atoms. The van der Waals surface area contributed by atoms with Crippen LogP contribution < -0.4 is 10.6 Å². The number of Topliss-reactive ketones (excluding diaryl/α,β-unsaturated/α-hetero) is 1. The van der Waals surface area contributed by atoms with Gasteiger partial charge in [0.1, 0.15) is 6.04 Å². The Kier molecular flexibility index (Phi) is 7.39. The molecule has 2 N–H and O–H groups in total. The lowest BCUT2D eigenvalue weighted by molar-refractivity contribution is -0.113. The van der Waals surface area contributed by atoms with E-state index in [1.165, 1.54) is 11.8 Å². The Bertz CT molecular complexity index is 1590. The fourth-order valence-electron chi connectivity index (χ4n) is 4.64. The molecule has 1 aromatic heterocycles. The highest BCUT2D eigenvalue weighted by Gasteiger charge is 2.34. The molecule has 1 aliphatic rings. The summed E-state index contributed by atoms with van der Waals surface area (Å²) in [6, 6.07) is 21.1. The topological polar surface area (TPSA) is 88.9 Å². The molecule has 5 rings (SSSR count). The predicted octanol–water partition coefficient (Wildman–Crippen LogP) is 6.41. The SMILES string of the molecule is CC1=C(C(=O)Nc2ccc(C)cc2C)C(c2ccc(C)cc2)n2nc(SCC(=O)c3ccc(C)cc3)nc2N1. The molecule has 1 aliphatic heterocycles. The van der Waals surface area contributed by atoms with E-state index in [1.54, 1.807) is 4.68 Å².